The molecular weight excluding hydrogens is 795 g/mol. The van der Waals surface area contributed by atoms with Gasteiger partial charge in [-0.2, -0.15) is 0 Å². The first-order chi connectivity index (χ1) is 32.0. The van der Waals surface area contributed by atoms with Crippen LogP contribution >= 0.6 is 0 Å². The first kappa shape index (κ1) is 36.2. The van der Waals surface area contributed by atoms with Crippen LogP contribution in [0.15, 0.2) is 213 Å². The molecule has 3 heterocycles. The topological polar surface area (TPSA) is 42.7 Å². The monoisotopic (exact) mass is 833 g/mol. The fourth-order valence-electron chi connectivity index (χ4n) is 10.9. The highest BCUT2D eigenvalue weighted by atomic mass is 16.3. The van der Waals surface area contributed by atoms with E-state index in [9.17, 15) is 0 Å². The quantitative estimate of drug-likeness (QED) is 0.173. The van der Waals surface area contributed by atoms with Crippen LogP contribution < -0.4 is 4.90 Å². The third-order valence-corrected chi connectivity index (χ3v) is 14.0. The molecule has 0 radical (unpaired) electrons. The van der Waals surface area contributed by atoms with Crippen LogP contribution in [-0.4, -0.2) is 0 Å². The summed E-state index contributed by atoms with van der Waals surface area (Å²) in [4.78, 5) is 2.38. The minimum Gasteiger partial charge on any atom is -0.456 e. The van der Waals surface area contributed by atoms with Crippen LogP contribution in [-0.2, 0) is 5.41 Å². The van der Waals surface area contributed by atoms with Gasteiger partial charge in [0.2, 0.25) is 0 Å². The van der Waals surface area contributed by atoms with Crippen molar-refractivity contribution in [3.63, 3.8) is 0 Å². The Kier molecular flexibility index (Phi) is 7.42. The summed E-state index contributed by atoms with van der Waals surface area (Å²) < 4.78 is 20.1. The Bertz CT molecular complexity index is 4100. The Morgan fingerprint density at radius 3 is 1.86 bits per heavy atom. The second kappa shape index (κ2) is 13.3. The normalized spacial score (nSPS) is 13.2. The van der Waals surface area contributed by atoms with Gasteiger partial charge in [0.15, 0.2) is 0 Å². The first-order valence-corrected chi connectivity index (χ1v) is 22.3. The number of hydrogen-bond donors (Lipinski definition) is 0. The Balaban J connectivity index is 0.978. The fourth-order valence-corrected chi connectivity index (χ4v) is 10.9. The molecule has 0 unspecified atom stereocenters. The summed E-state index contributed by atoms with van der Waals surface area (Å²) in [6, 6.07) is 71.7. The molecule has 1 aliphatic rings. The van der Waals surface area contributed by atoms with Crippen molar-refractivity contribution in [3.8, 4) is 33.4 Å². The molecule has 4 heteroatoms. The lowest BCUT2D eigenvalue weighted by atomic mass is 9.82. The molecule has 0 saturated heterocycles. The van der Waals surface area contributed by atoms with Crippen molar-refractivity contribution in [1.29, 1.82) is 0 Å². The number of furan rings is 3. The second-order valence-electron chi connectivity index (χ2n) is 18.0. The van der Waals surface area contributed by atoms with Crippen molar-refractivity contribution in [3.05, 3.63) is 211 Å². The standard InChI is InChI=1S/C61H39NO3/c1-61(2)51-19-8-5-14-44(51)45-30-28-42(34-52(45)61)62(40-26-24-37(25-27-40)43-17-11-18-47-46-15-6-9-20-53(46)64-59(43)47)41-29-31-55-49(33-41)50-35-56-58(48-16-7-10-21-54(48)63-56)57(60(50)65-55)39-23-22-36-12-3-4-13-38(36)32-39/h3-35H,1-2H3. The number of nitrogens with zero attached hydrogens (tertiary/aromatic N) is 1. The third kappa shape index (κ3) is 5.25. The van der Waals surface area contributed by atoms with Crippen molar-refractivity contribution in [2.45, 2.75) is 19.3 Å². The van der Waals surface area contributed by atoms with E-state index in [0.717, 1.165) is 105 Å². The van der Waals surface area contributed by atoms with Gasteiger partial charge < -0.3 is 18.2 Å². The van der Waals surface area contributed by atoms with E-state index in [1.165, 1.54) is 33.0 Å². The third-order valence-electron chi connectivity index (χ3n) is 14.0. The van der Waals surface area contributed by atoms with E-state index in [4.69, 9.17) is 13.3 Å². The number of anilines is 3. The molecule has 14 rings (SSSR count). The van der Waals surface area contributed by atoms with E-state index >= 15 is 0 Å². The average molecular weight is 834 g/mol. The zero-order valence-electron chi connectivity index (χ0n) is 35.7. The molecule has 13 aromatic rings. The molecule has 0 saturated carbocycles. The molecular formula is C61H39NO3. The van der Waals surface area contributed by atoms with Crippen LogP contribution in [0.2, 0.25) is 0 Å². The van der Waals surface area contributed by atoms with Gasteiger partial charge in [0, 0.05) is 65.9 Å². The number of rotatable bonds is 5. The Hall–Kier alpha value is -8.34. The van der Waals surface area contributed by atoms with Gasteiger partial charge in [0.1, 0.15) is 33.5 Å². The number of benzene rings is 10. The van der Waals surface area contributed by atoms with Gasteiger partial charge in [-0.05, 0) is 111 Å². The van der Waals surface area contributed by atoms with Gasteiger partial charge in [-0.25, -0.2) is 0 Å². The average Bonchev–Trinajstić information content (AvgIpc) is 4.09. The SMILES string of the molecule is CC1(C)c2ccccc2-c2ccc(N(c3ccc(-c4cccc5c4oc4ccccc45)cc3)c3ccc4oc5c(-c6ccc7ccccc7c6)c6c(cc5c4c3)oc3ccccc36)cc21. The highest BCUT2D eigenvalue weighted by molar-refractivity contribution is 6.24. The lowest BCUT2D eigenvalue weighted by molar-refractivity contribution is 0.660. The van der Waals surface area contributed by atoms with E-state index in [1.807, 2.05) is 24.3 Å². The zero-order chi connectivity index (χ0) is 43.0. The highest BCUT2D eigenvalue weighted by Crippen LogP contribution is 2.52. The second-order valence-corrected chi connectivity index (χ2v) is 18.0. The Morgan fingerprint density at radius 2 is 0.985 bits per heavy atom. The molecule has 0 N–H and O–H groups in total. The lowest BCUT2D eigenvalue weighted by Crippen LogP contribution is -2.16. The van der Waals surface area contributed by atoms with E-state index in [0.29, 0.717) is 0 Å². The molecule has 306 valence electrons. The summed E-state index contributed by atoms with van der Waals surface area (Å²) in [5.74, 6) is 0. The summed E-state index contributed by atoms with van der Waals surface area (Å²) in [7, 11) is 0. The van der Waals surface area contributed by atoms with Crippen LogP contribution in [0.1, 0.15) is 25.0 Å². The number of fused-ring (bicyclic) bond motifs is 13. The molecule has 0 aliphatic heterocycles. The molecule has 0 fully saturated rings. The van der Waals surface area contributed by atoms with Crippen molar-refractivity contribution < 1.29 is 13.3 Å². The van der Waals surface area contributed by atoms with Crippen LogP contribution in [0.3, 0.4) is 0 Å². The molecule has 0 atom stereocenters. The fraction of sp³-hybridized carbons (Fsp3) is 0.0492. The Morgan fingerprint density at radius 1 is 0.354 bits per heavy atom. The Labute approximate surface area is 374 Å². The van der Waals surface area contributed by atoms with E-state index in [2.05, 4.69) is 195 Å². The lowest BCUT2D eigenvalue weighted by Gasteiger charge is -2.28. The van der Waals surface area contributed by atoms with E-state index in [1.54, 1.807) is 0 Å². The number of para-hydroxylation sites is 3. The maximum absolute atomic E-state index is 7.00. The molecule has 4 nitrogen and oxygen atoms in total. The smallest absolute Gasteiger partial charge is 0.144 e. The van der Waals surface area contributed by atoms with Crippen molar-refractivity contribution >= 4 is 93.7 Å². The summed E-state index contributed by atoms with van der Waals surface area (Å²) in [6.07, 6.45) is 0. The molecule has 0 amide bonds. The van der Waals surface area contributed by atoms with Gasteiger partial charge in [-0.15, -0.1) is 0 Å². The van der Waals surface area contributed by atoms with Gasteiger partial charge in [0.25, 0.3) is 0 Å². The summed E-state index contributed by atoms with van der Waals surface area (Å²) in [5.41, 5.74) is 17.7. The maximum Gasteiger partial charge on any atom is 0.144 e. The predicted octanol–water partition coefficient (Wildman–Crippen LogP) is 17.6. The molecule has 0 bridgehead atoms. The molecule has 3 aromatic heterocycles. The zero-order valence-corrected chi connectivity index (χ0v) is 35.7. The highest BCUT2D eigenvalue weighted by Gasteiger charge is 2.36. The van der Waals surface area contributed by atoms with Crippen LogP contribution in [0.4, 0.5) is 17.1 Å². The minimum absolute atomic E-state index is 0.162. The first-order valence-electron chi connectivity index (χ1n) is 22.3. The summed E-state index contributed by atoms with van der Waals surface area (Å²) in [5, 5.41) is 8.79. The van der Waals surface area contributed by atoms with Crippen molar-refractivity contribution in [1.82, 2.24) is 0 Å². The maximum atomic E-state index is 7.00. The van der Waals surface area contributed by atoms with E-state index < -0.39 is 0 Å². The predicted molar refractivity (Wildman–Crippen MR) is 269 cm³/mol. The van der Waals surface area contributed by atoms with Gasteiger partial charge in [-0.1, -0.05) is 147 Å². The summed E-state index contributed by atoms with van der Waals surface area (Å²) >= 11 is 0. The minimum atomic E-state index is -0.162. The molecule has 65 heavy (non-hydrogen) atoms. The van der Waals surface area contributed by atoms with Crippen molar-refractivity contribution in [2.75, 3.05) is 4.90 Å². The van der Waals surface area contributed by atoms with Crippen LogP contribution in [0.25, 0.3) is 110 Å². The van der Waals surface area contributed by atoms with Gasteiger partial charge >= 0.3 is 0 Å². The largest absolute Gasteiger partial charge is 0.456 e. The van der Waals surface area contributed by atoms with Crippen molar-refractivity contribution in [2.24, 2.45) is 0 Å². The van der Waals surface area contributed by atoms with E-state index in [-0.39, 0.29) is 5.41 Å². The molecule has 1 aliphatic carbocycles. The summed E-state index contributed by atoms with van der Waals surface area (Å²) in [6.45, 7) is 4.68. The van der Waals surface area contributed by atoms with Crippen LogP contribution in [0.5, 0.6) is 0 Å². The molecule has 0 spiro atoms. The van der Waals surface area contributed by atoms with Crippen LogP contribution in [0, 0.1) is 0 Å². The van der Waals surface area contributed by atoms with Gasteiger partial charge in [-0.3, -0.25) is 0 Å². The van der Waals surface area contributed by atoms with Gasteiger partial charge in [0.05, 0.1) is 0 Å². The number of hydrogen-bond acceptors (Lipinski definition) is 4. The molecule has 10 aromatic carbocycles.